The fraction of sp³-hybridized carbons (Fsp3) is 0.333. The molecule has 13 heteroatoms. The van der Waals surface area contributed by atoms with Crippen molar-refractivity contribution in [3.63, 3.8) is 0 Å². The minimum Gasteiger partial charge on any atom is -0.508 e. The van der Waals surface area contributed by atoms with Crippen molar-refractivity contribution in [1.29, 1.82) is 0 Å². The van der Waals surface area contributed by atoms with Gasteiger partial charge in [-0.3, -0.25) is 9.59 Å². The standard InChI is InChI=1S/C39H38O13/c1-19(40)48-32-17-25-27(45-5)18-31-34(37(25)50-36(32)21-8-13-26(44-4)28(14-21)46-6)35-33-29(47-7)15-24(43-3)16-30(33)51-39(52-31,38(35)49-20(2)41)22-9-11-23(42)12-10-22/h8-16,18,32,35-36,38,42H,17H2,1-7H3/t32-,35+,36-,38+,39-/m1/s1. The molecule has 4 aromatic rings. The van der Waals surface area contributed by atoms with Gasteiger partial charge in [-0.05, 0) is 36.4 Å². The Bertz CT molecular complexity index is 2040. The van der Waals surface area contributed by atoms with Crippen molar-refractivity contribution >= 4 is 11.9 Å². The second kappa shape index (κ2) is 13.3. The van der Waals surface area contributed by atoms with Gasteiger partial charge >= 0.3 is 17.7 Å². The number of hydrogen-bond acceptors (Lipinski definition) is 13. The Balaban J connectivity index is 1.53. The molecule has 7 rings (SSSR count). The zero-order valence-corrected chi connectivity index (χ0v) is 29.6. The number of carbonyl (C=O) groups excluding carboxylic acids is 2. The molecule has 0 aliphatic carbocycles. The van der Waals surface area contributed by atoms with Crippen LogP contribution >= 0.6 is 0 Å². The molecule has 3 heterocycles. The summed E-state index contributed by atoms with van der Waals surface area (Å²) < 4.78 is 61.2. The first-order chi connectivity index (χ1) is 25.0. The molecule has 13 nitrogen and oxygen atoms in total. The number of aromatic hydroxyl groups is 1. The van der Waals surface area contributed by atoms with Gasteiger partial charge < -0.3 is 52.5 Å². The van der Waals surface area contributed by atoms with E-state index in [-0.39, 0.29) is 12.2 Å². The highest BCUT2D eigenvalue weighted by atomic mass is 16.7. The highest BCUT2D eigenvalue weighted by Crippen LogP contribution is 2.63. The number of carbonyl (C=O) groups is 2. The van der Waals surface area contributed by atoms with Crippen molar-refractivity contribution in [2.75, 3.05) is 35.5 Å². The van der Waals surface area contributed by atoms with Crippen LogP contribution in [0.3, 0.4) is 0 Å². The first kappa shape index (κ1) is 34.5. The normalized spacial score (nSPS) is 22.1. The number of rotatable bonds is 9. The number of fused-ring (bicyclic) bond motifs is 8. The summed E-state index contributed by atoms with van der Waals surface area (Å²) in [5, 5.41) is 10.2. The molecule has 4 aromatic carbocycles. The van der Waals surface area contributed by atoms with E-state index < -0.39 is 42.0 Å². The van der Waals surface area contributed by atoms with Crippen LogP contribution in [0.15, 0.2) is 60.7 Å². The van der Waals surface area contributed by atoms with Crippen LogP contribution in [0.1, 0.15) is 53.7 Å². The third-order valence-electron chi connectivity index (χ3n) is 9.52. The summed E-state index contributed by atoms with van der Waals surface area (Å²) in [5.41, 5.74) is 2.78. The lowest BCUT2D eigenvalue weighted by Crippen LogP contribution is -2.59. The summed E-state index contributed by atoms with van der Waals surface area (Å²) in [6.45, 7) is 2.64. The second-order valence-electron chi connectivity index (χ2n) is 12.5. The average molecular weight is 715 g/mol. The summed E-state index contributed by atoms with van der Waals surface area (Å²) >= 11 is 0. The van der Waals surface area contributed by atoms with E-state index in [9.17, 15) is 14.7 Å². The van der Waals surface area contributed by atoms with E-state index in [0.717, 1.165) is 0 Å². The van der Waals surface area contributed by atoms with E-state index in [1.54, 1.807) is 49.6 Å². The lowest BCUT2D eigenvalue weighted by Gasteiger charge is -2.51. The van der Waals surface area contributed by atoms with Gasteiger partial charge in [-0.25, -0.2) is 0 Å². The Morgan fingerprint density at radius 3 is 1.98 bits per heavy atom. The molecule has 272 valence electrons. The Kier molecular flexibility index (Phi) is 8.81. The Labute approximate surface area is 299 Å². The molecular weight excluding hydrogens is 676 g/mol. The van der Waals surface area contributed by atoms with Gasteiger partial charge in [-0.1, -0.05) is 6.07 Å². The predicted molar refractivity (Wildman–Crippen MR) is 183 cm³/mol. The van der Waals surface area contributed by atoms with Gasteiger partial charge in [0.1, 0.15) is 46.4 Å². The number of esters is 2. The summed E-state index contributed by atoms with van der Waals surface area (Å²) in [7, 11) is 7.64. The van der Waals surface area contributed by atoms with E-state index in [4.69, 9.17) is 47.4 Å². The van der Waals surface area contributed by atoms with Crippen LogP contribution in [0.2, 0.25) is 0 Å². The number of benzene rings is 4. The van der Waals surface area contributed by atoms with E-state index in [1.807, 2.05) is 6.07 Å². The van der Waals surface area contributed by atoms with Crippen molar-refractivity contribution in [1.82, 2.24) is 0 Å². The highest BCUT2D eigenvalue weighted by molar-refractivity contribution is 5.71. The molecular formula is C39H38O13. The van der Waals surface area contributed by atoms with Gasteiger partial charge in [0.2, 0.25) is 0 Å². The molecule has 3 aliphatic rings. The van der Waals surface area contributed by atoms with E-state index in [2.05, 4.69) is 0 Å². The molecule has 0 unspecified atom stereocenters. The molecule has 3 aliphatic heterocycles. The Hall–Kier alpha value is -5.98. The second-order valence-corrected chi connectivity index (χ2v) is 12.5. The molecule has 0 fully saturated rings. The summed E-state index contributed by atoms with van der Waals surface area (Å²) in [5.74, 6) is -0.384. The number of hydrogen-bond donors (Lipinski definition) is 1. The molecule has 0 aromatic heterocycles. The molecule has 0 saturated heterocycles. The fourth-order valence-corrected chi connectivity index (χ4v) is 7.38. The molecule has 2 bridgehead atoms. The van der Waals surface area contributed by atoms with Gasteiger partial charge in [0, 0.05) is 66.3 Å². The molecule has 0 radical (unpaired) electrons. The van der Waals surface area contributed by atoms with Crippen LogP contribution in [-0.2, 0) is 31.3 Å². The van der Waals surface area contributed by atoms with Crippen molar-refractivity contribution in [3.05, 3.63) is 88.5 Å². The maximum absolute atomic E-state index is 13.0. The topological polar surface area (TPSA) is 147 Å². The zero-order valence-electron chi connectivity index (χ0n) is 29.6. The zero-order chi connectivity index (χ0) is 36.9. The predicted octanol–water partition coefficient (Wildman–Crippen LogP) is 5.74. The van der Waals surface area contributed by atoms with Crippen LogP contribution in [-0.4, -0.2) is 64.8 Å². The Morgan fingerprint density at radius 1 is 0.712 bits per heavy atom. The van der Waals surface area contributed by atoms with Crippen LogP contribution in [0, 0.1) is 0 Å². The molecule has 1 N–H and O–H groups in total. The first-order valence-corrected chi connectivity index (χ1v) is 16.5. The van der Waals surface area contributed by atoms with Gasteiger partial charge in [0.05, 0.1) is 41.5 Å². The van der Waals surface area contributed by atoms with E-state index in [0.29, 0.717) is 73.8 Å². The maximum atomic E-state index is 13.0. The van der Waals surface area contributed by atoms with E-state index in [1.165, 1.54) is 54.4 Å². The van der Waals surface area contributed by atoms with Gasteiger partial charge in [-0.15, -0.1) is 0 Å². The van der Waals surface area contributed by atoms with Crippen LogP contribution in [0.25, 0.3) is 0 Å². The highest BCUT2D eigenvalue weighted by Gasteiger charge is 2.62. The van der Waals surface area contributed by atoms with Crippen molar-refractivity contribution < 1.29 is 62.1 Å². The molecule has 5 atom stereocenters. The SMILES string of the molecule is COc1cc(OC)c2c(c1)O[C@]1(c3ccc(O)cc3)Oc3cc(OC)c4c(c3[C@H]2[C@@H]1OC(C)=O)O[C@H](c1ccc(OC)c(OC)c1)[C@H](OC(C)=O)C4. The van der Waals surface area contributed by atoms with Crippen LogP contribution in [0.5, 0.6) is 51.7 Å². The average Bonchev–Trinajstić information content (AvgIpc) is 3.13. The number of phenols is 1. The largest absolute Gasteiger partial charge is 0.508 e. The smallest absolute Gasteiger partial charge is 0.316 e. The summed E-state index contributed by atoms with van der Waals surface area (Å²) in [6.07, 6.45) is -2.56. The molecule has 0 spiro atoms. The van der Waals surface area contributed by atoms with Crippen molar-refractivity contribution in [3.8, 4) is 51.7 Å². The third kappa shape index (κ3) is 5.56. The fourth-order valence-electron chi connectivity index (χ4n) is 7.38. The summed E-state index contributed by atoms with van der Waals surface area (Å²) in [6, 6.07) is 16.7. The van der Waals surface area contributed by atoms with E-state index >= 15 is 0 Å². The van der Waals surface area contributed by atoms with Crippen molar-refractivity contribution in [2.45, 2.75) is 50.3 Å². The maximum Gasteiger partial charge on any atom is 0.316 e. The van der Waals surface area contributed by atoms with Crippen LogP contribution in [0.4, 0.5) is 0 Å². The third-order valence-corrected chi connectivity index (χ3v) is 9.52. The summed E-state index contributed by atoms with van der Waals surface area (Å²) in [4.78, 5) is 25.5. The molecule has 0 saturated carbocycles. The van der Waals surface area contributed by atoms with Gasteiger partial charge in [0.15, 0.2) is 23.7 Å². The Morgan fingerprint density at radius 2 is 1.37 bits per heavy atom. The number of phenolic OH excluding ortho intramolecular Hbond substituents is 1. The lowest BCUT2D eigenvalue weighted by atomic mass is 9.74. The minimum absolute atomic E-state index is 0.0178. The van der Waals surface area contributed by atoms with Crippen molar-refractivity contribution in [2.24, 2.45) is 0 Å². The number of methoxy groups -OCH3 is 5. The lowest BCUT2D eigenvalue weighted by molar-refractivity contribution is -0.232. The van der Waals surface area contributed by atoms with Crippen LogP contribution < -0.4 is 37.9 Å². The first-order valence-electron chi connectivity index (χ1n) is 16.5. The minimum atomic E-state index is -1.77. The molecule has 0 amide bonds. The number of ether oxygens (including phenoxy) is 10. The quantitative estimate of drug-likeness (QED) is 0.210. The molecule has 52 heavy (non-hydrogen) atoms. The monoisotopic (exact) mass is 714 g/mol. The van der Waals surface area contributed by atoms with Gasteiger partial charge in [0.25, 0.3) is 0 Å². The van der Waals surface area contributed by atoms with Gasteiger partial charge in [-0.2, -0.15) is 0 Å².